The van der Waals surface area contributed by atoms with Crippen LogP contribution < -0.4 is 5.32 Å². The molecule has 0 atom stereocenters. The Hall–Kier alpha value is -1.91. The topological polar surface area (TPSA) is 55.1 Å². The Morgan fingerprint density at radius 2 is 2.50 bits per heavy atom. The summed E-state index contributed by atoms with van der Waals surface area (Å²) in [5, 5.41) is 10.9. The number of nitrogens with one attached hydrogen (secondary N) is 1. The van der Waals surface area contributed by atoms with E-state index in [9.17, 15) is 0 Å². The molecule has 0 aliphatic carbocycles. The van der Waals surface area contributed by atoms with Gasteiger partial charge in [-0.15, -0.1) is 10.2 Å². The van der Waals surface area contributed by atoms with Gasteiger partial charge in [0, 0.05) is 18.9 Å². The average molecular weight is 189 g/mol. The fourth-order valence-corrected chi connectivity index (χ4v) is 1.12. The predicted molar refractivity (Wildman–Crippen MR) is 54.1 cm³/mol. The molecule has 0 radical (unpaired) electrons. The molecule has 14 heavy (non-hydrogen) atoms. The van der Waals surface area contributed by atoms with Gasteiger partial charge in [-0.3, -0.25) is 4.40 Å². The number of fused-ring (bicyclic) bond motifs is 1. The first-order valence-electron chi connectivity index (χ1n) is 4.30. The molecular weight excluding hydrogens is 178 g/mol. The van der Waals surface area contributed by atoms with Crippen molar-refractivity contribution in [2.75, 3.05) is 11.9 Å². The molecule has 0 aromatic carbocycles. The van der Waals surface area contributed by atoms with E-state index in [0.29, 0.717) is 6.54 Å². The van der Waals surface area contributed by atoms with Gasteiger partial charge in [0.15, 0.2) is 5.82 Å². The minimum atomic E-state index is 0.694. The molecule has 0 spiro atoms. The molecule has 0 amide bonds. The molecular formula is C9H11N5. The van der Waals surface area contributed by atoms with Crippen LogP contribution in [-0.2, 0) is 0 Å². The summed E-state index contributed by atoms with van der Waals surface area (Å²) in [5.74, 6) is 0.730. The molecule has 0 aliphatic heterocycles. The highest BCUT2D eigenvalue weighted by Crippen LogP contribution is 2.09. The highest BCUT2D eigenvalue weighted by atomic mass is 15.2. The second-order valence-corrected chi connectivity index (χ2v) is 3.15. The van der Waals surface area contributed by atoms with E-state index in [4.69, 9.17) is 0 Å². The maximum Gasteiger partial charge on any atom is 0.203 e. The first kappa shape index (κ1) is 8.68. The lowest BCUT2D eigenvalue weighted by atomic mass is 10.3. The number of rotatable bonds is 3. The smallest absolute Gasteiger partial charge is 0.203 e. The molecule has 0 bridgehead atoms. The fraction of sp³-hybridized carbons (Fsp3) is 0.222. The van der Waals surface area contributed by atoms with Crippen LogP contribution in [0.1, 0.15) is 6.92 Å². The van der Waals surface area contributed by atoms with Crippen LogP contribution in [0, 0.1) is 0 Å². The summed E-state index contributed by atoms with van der Waals surface area (Å²) in [6.07, 6.45) is 5.15. The Labute approximate surface area is 81.5 Å². The molecule has 2 rings (SSSR count). The van der Waals surface area contributed by atoms with Gasteiger partial charge in [0.1, 0.15) is 6.33 Å². The van der Waals surface area contributed by atoms with Gasteiger partial charge in [-0.05, 0) is 6.92 Å². The van der Waals surface area contributed by atoms with Gasteiger partial charge in [-0.2, -0.15) is 0 Å². The first-order chi connectivity index (χ1) is 6.77. The number of hydrogen-bond donors (Lipinski definition) is 1. The van der Waals surface area contributed by atoms with Crippen LogP contribution in [-0.4, -0.2) is 26.1 Å². The molecule has 2 heterocycles. The summed E-state index contributed by atoms with van der Waals surface area (Å²) in [6, 6.07) is 0. The fourth-order valence-electron chi connectivity index (χ4n) is 1.12. The molecule has 5 heteroatoms. The Morgan fingerprint density at radius 1 is 1.64 bits per heavy atom. The molecule has 0 fully saturated rings. The van der Waals surface area contributed by atoms with Crippen LogP contribution in [0.4, 0.5) is 5.82 Å². The summed E-state index contributed by atoms with van der Waals surface area (Å²) in [4.78, 5) is 4.18. The first-order valence-corrected chi connectivity index (χ1v) is 4.30. The molecule has 5 nitrogen and oxygen atoms in total. The van der Waals surface area contributed by atoms with Crippen LogP contribution in [0.15, 0.2) is 30.9 Å². The lowest BCUT2D eigenvalue weighted by Crippen LogP contribution is -2.05. The third kappa shape index (κ3) is 1.56. The van der Waals surface area contributed by atoms with Crippen LogP contribution in [0.3, 0.4) is 0 Å². The van der Waals surface area contributed by atoms with Gasteiger partial charge in [0.05, 0.1) is 0 Å². The molecule has 72 valence electrons. The maximum atomic E-state index is 4.18. The van der Waals surface area contributed by atoms with Gasteiger partial charge < -0.3 is 5.32 Å². The van der Waals surface area contributed by atoms with E-state index < -0.39 is 0 Å². The largest absolute Gasteiger partial charge is 0.363 e. The molecule has 2 aromatic rings. The van der Waals surface area contributed by atoms with Crippen molar-refractivity contribution in [3.63, 3.8) is 0 Å². The molecule has 0 unspecified atom stereocenters. The minimum Gasteiger partial charge on any atom is -0.363 e. The maximum absolute atomic E-state index is 4.18. The zero-order valence-electron chi connectivity index (χ0n) is 7.94. The summed E-state index contributed by atoms with van der Waals surface area (Å²) in [6.45, 7) is 6.45. The van der Waals surface area contributed by atoms with E-state index in [2.05, 4.69) is 27.1 Å². The number of hydrogen-bond acceptors (Lipinski definition) is 4. The van der Waals surface area contributed by atoms with Gasteiger partial charge in [0.2, 0.25) is 5.65 Å². The molecule has 0 saturated heterocycles. The van der Waals surface area contributed by atoms with Crippen molar-refractivity contribution in [3.8, 4) is 0 Å². The van der Waals surface area contributed by atoms with Gasteiger partial charge in [-0.25, -0.2) is 4.98 Å². The van der Waals surface area contributed by atoms with Crippen LogP contribution in [0.5, 0.6) is 0 Å². The highest BCUT2D eigenvalue weighted by molar-refractivity contribution is 5.61. The molecule has 0 aliphatic rings. The summed E-state index contributed by atoms with van der Waals surface area (Å²) >= 11 is 0. The lowest BCUT2D eigenvalue weighted by Gasteiger charge is -2.04. The Kier molecular flexibility index (Phi) is 2.14. The molecule has 2 aromatic heterocycles. The molecule has 1 N–H and O–H groups in total. The van der Waals surface area contributed by atoms with Crippen molar-refractivity contribution in [3.05, 3.63) is 30.9 Å². The normalized spacial score (nSPS) is 10.4. The van der Waals surface area contributed by atoms with Crippen molar-refractivity contribution < 1.29 is 0 Å². The van der Waals surface area contributed by atoms with Gasteiger partial charge in [-0.1, -0.05) is 12.2 Å². The standard InChI is InChI=1S/C9H11N5/c1-7(2)5-11-8-9-13-12-6-14(9)4-3-10-8/h3-4,6H,1,5H2,2H3,(H,10,11). The number of aromatic nitrogens is 4. The SMILES string of the molecule is C=C(C)CNc1nccn2cnnc12. The minimum absolute atomic E-state index is 0.694. The van der Waals surface area contributed by atoms with Crippen molar-refractivity contribution in [1.29, 1.82) is 0 Å². The van der Waals surface area contributed by atoms with E-state index in [0.717, 1.165) is 17.0 Å². The second kappa shape index (κ2) is 3.45. The van der Waals surface area contributed by atoms with Crippen molar-refractivity contribution in [2.24, 2.45) is 0 Å². The van der Waals surface area contributed by atoms with Crippen molar-refractivity contribution in [2.45, 2.75) is 6.92 Å². The predicted octanol–water partition coefficient (Wildman–Crippen LogP) is 1.11. The average Bonchev–Trinajstić information content (AvgIpc) is 2.62. The Bertz CT molecular complexity index is 459. The van der Waals surface area contributed by atoms with E-state index in [1.807, 2.05) is 11.3 Å². The van der Waals surface area contributed by atoms with Crippen molar-refractivity contribution >= 4 is 11.5 Å². The van der Waals surface area contributed by atoms with E-state index >= 15 is 0 Å². The highest BCUT2D eigenvalue weighted by Gasteiger charge is 2.02. The van der Waals surface area contributed by atoms with Crippen LogP contribution in [0.2, 0.25) is 0 Å². The van der Waals surface area contributed by atoms with E-state index in [1.54, 1.807) is 18.7 Å². The third-order valence-corrected chi connectivity index (χ3v) is 1.77. The second-order valence-electron chi connectivity index (χ2n) is 3.15. The van der Waals surface area contributed by atoms with E-state index in [-0.39, 0.29) is 0 Å². The third-order valence-electron chi connectivity index (χ3n) is 1.77. The van der Waals surface area contributed by atoms with Crippen LogP contribution in [0.25, 0.3) is 5.65 Å². The molecule has 0 saturated carbocycles. The summed E-state index contributed by atoms with van der Waals surface area (Å²) in [7, 11) is 0. The summed E-state index contributed by atoms with van der Waals surface area (Å²) in [5.41, 5.74) is 1.78. The lowest BCUT2D eigenvalue weighted by molar-refractivity contribution is 1.09. The zero-order valence-corrected chi connectivity index (χ0v) is 7.94. The number of anilines is 1. The van der Waals surface area contributed by atoms with Crippen molar-refractivity contribution in [1.82, 2.24) is 19.6 Å². The van der Waals surface area contributed by atoms with E-state index in [1.165, 1.54) is 0 Å². The summed E-state index contributed by atoms with van der Waals surface area (Å²) < 4.78 is 1.81. The van der Waals surface area contributed by atoms with Gasteiger partial charge in [0.25, 0.3) is 0 Å². The zero-order chi connectivity index (χ0) is 9.97. The number of nitrogens with zero attached hydrogens (tertiary/aromatic N) is 4. The quantitative estimate of drug-likeness (QED) is 0.735. The Morgan fingerprint density at radius 3 is 3.29 bits per heavy atom. The monoisotopic (exact) mass is 189 g/mol. The Balaban J connectivity index is 2.32. The van der Waals surface area contributed by atoms with Crippen LogP contribution >= 0.6 is 0 Å². The van der Waals surface area contributed by atoms with Gasteiger partial charge >= 0.3 is 0 Å².